The zero-order valence-electron chi connectivity index (χ0n) is 15.8. The van der Waals surface area contributed by atoms with Crippen molar-refractivity contribution in [1.29, 1.82) is 0 Å². The number of nitrogens with zero attached hydrogens (tertiary/aromatic N) is 1. The maximum Gasteiger partial charge on any atom is 0.156 e. The molecule has 2 aromatic carbocycles. The van der Waals surface area contributed by atoms with Crippen LogP contribution in [0.2, 0.25) is 0 Å². The molecule has 0 bridgehead atoms. The topological polar surface area (TPSA) is 39.3 Å². The second-order valence-electron chi connectivity index (χ2n) is 6.62. The molecule has 0 saturated carbocycles. The number of piperidine rings is 1. The molecule has 1 saturated heterocycles. The molecule has 0 amide bonds. The SMILES string of the molecule is CC.Pc1ccc(CN2c3ccccc3NC2NC2CCNCC2)cc1. The van der Waals surface area contributed by atoms with Crippen LogP contribution in [0.3, 0.4) is 0 Å². The van der Waals surface area contributed by atoms with Crippen molar-refractivity contribution in [2.45, 2.75) is 45.6 Å². The van der Waals surface area contributed by atoms with E-state index in [0.717, 1.165) is 19.6 Å². The molecule has 2 heterocycles. The van der Waals surface area contributed by atoms with Gasteiger partial charge in [0.25, 0.3) is 0 Å². The third-order valence-electron chi connectivity index (χ3n) is 4.88. The fraction of sp³-hybridized carbons (Fsp3) is 0.429. The van der Waals surface area contributed by atoms with Crippen LogP contribution in [0, 0.1) is 0 Å². The van der Waals surface area contributed by atoms with Gasteiger partial charge in [0.1, 0.15) is 0 Å². The lowest BCUT2D eigenvalue weighted by atomic mass is 10.1. The van der Waals surface area contributed by atoms with Crippen LogP contribution in [0.4, 0.5) is 11.4 Å². The van der Waals surface area contributed by atoms with E-state index in [2.05, 4.69) is 78.6 Å². The molecule has 2 unspecified atom stereocenters. The van der Waals surface area contributed by atoms with Crippen LogP contribution in [0.5, 0.6) is 0 Å². The second-order valence-corrected chi connectivity index (χ2v) is 7.29. The zero-order chi connectivity index (χ0) is 18.4. The van der Waals surface area contributed by atoms with Crippen molar-refractivity contribution in [3.63, 3.8) is 0 Å². The smallest absolute Gasteiger partial charge is 0.156 e. The van der Waals surface area contributed by atoms with Crippen LogP contribution in [0.1, 0.15) is 32.3 Å². The van der Waals surface area contributed by atoms with E-state index < -0.39 is 0 Å². The summed E-state index contributed by atoms with van der Waals surface area (Å²) in [7, 11) is 2.75. The van der Waals surface area contributed by atoms with Crippen LogP contribution < -0.4 is 26.2 Å². The van der Waals surface area contributed by atoms with Gasteiger partial charge in [-0.3, -0.25) is 5.32 Å². The number of para-hydroxylation sites is 2. The Morgan fingerprint density at radius 1 is 1.04 bits per heavy atom. The highest BCUT2D eigenvalue weighted by molar-refractivity contribution is 7.27. The quantitative estimate of drug-likeness (QED) is 0.723. The van der Waals surface area contributed by atoms with Crippen molar-refractivity contribution < 1.29 is 0 Å². The normalized spacial score (nSPS) is 19.3. The molecule has 26 heavy (non-hydrogen) atoms. The van der Waals surface area contributed by atoms with E-state index in [0.29, 0.717) is 6.04 Å². The van der Waals surface area contributed by atoms with Gasteiger partial charge < -0.3 is 15.5 Å². The van der Waals surface area contributed by atoms with Crippen molar-refractivity contribution in [3.8, 4) is 0 Å². The Morgan fingerprint density at radius 2 is 1.73 bits per heavy atom. The minimum absolute atomic E-state index is 0.154. The maximum absolute atomic E-state index is 3.82. The average molecular weight is 370 g/mol. The van der Waals surface area contributed by atoms with Gasteiger partial charge in [-0.1, -0.05) is 50.2 Å². The number of fused-ring (bicyclic) bond motifs is 1. The summed E-state index contributed by atoms with van der Waals surface area (Å²) in [5, 5.41) is 12.1. The van der Waals surface area contributed by atoms with Gasteiger partial charge in [0.2, 0.25) is 0 Å². The largest absolute Gasteiger partial charge is 0.351 e. The number of anilines is 2. The van der Waals surface area contributed by atoms with Crippen molar-refractivity contribution in [3.05, 3.63) is 54.1 Å². The second kappa shape index (κ2) is 9.36. The Kier molecular flexibility index (Phi) is 6.90. The summed E-state index contributed by atoms with van der Waals surface area (Å²) in [6.07, 6.45) is 2.52. The summed E-state index contributed by atoms with van der Waals surface area (Å²) >= 11 is 0. The number of hydrogen-bond donors (Lipinski definition) is 3. The summed E-state index contributed by atoms with van der Waals surface area (Å²) in [6, 6.07) is 17.9. The molecule has 3 N–H and O–H groups in total. The number of rotatable bonds is 4. The molecule has 0 radical (unpaired) electrons. The Balaban J connectivity index is 0.000000948. The van der Waals surface area contributed by atoms with Gasteiger partial charge in [-0.2, -0.15) is 0 Å². The average Bonchev–Trinajstić information content (AvgIpc) is 3.03. The van der Waals surface area contributed by atoms with E-state index in [4.69, 9.17) is 0 Å². The fourth-order valence-electron chi connectivity index (χ4n) is 3.55. The van der Waals surface area contributed by atoms with Crippen molar-refractivity contribution in [2.75, 3.05) is 23.3 Å². The lowest BCUT2D eigenvalue weighted by molar-refractivity contribution is 0.356. The highest BCUT2D eigenvalue weighted by atomic mass is 31.0. The van der Waals surface area contributed by atoms with Crippen LogP contribution >= 0.6 is 9.24 Å². The van der Waals surface area contributed by atoms with Crippen LogP contribution in [0.15, 0.2) is 48.5 Å². The van der Waals surface area contributed by atoms with E-state index in [1.807, 2.05) is 13.8 Å². The lowest BCUT2D eigenvalue weighted by Gasteiger charge is -2.33. The first-order valence-corrected chi connectivity index (χ1v) is 10.3. The molecule has 140 valence electrons. The fourth-order valence-corrected chi connectivity index (χ4v) is 3.74. The molecule has 4 nitrogen and oxygen atoms in total. The molecular weight excluding hydrogens is 339 g/mol. The maximum atomic E-state index is 3.82. The van der Waals surface area contributed by atoms with Crippen LogP contribution in [0.25, 0.3) is 0 Å². The standard InChI is InChI=1S/C19H25N4P.C2H6/c24-16-7-5-14(6-8-16)13-23-18-4-2-1-3-17(18)22-19(23)21-15-9-11-20-12-10-15;1-2/h1-8,15,19-22H,9-13,24H2;1-2H3. The van der Waals surface area contributed by atoms with Gasteiger partial charge in [-0.25, -0.2) is 0 Å². The molecule has 2 atom stereocenters. The van der Waals surface area contributed by atoms with Gasteiger partial charge in [0, 0.05) is 12.6 Å². The first kappa shape index (κ1) is 19.2. The van der Waals surface area contributed by atoms with Gasteiger partial charge >= 0.3 is 0 Å². The van der Waals surface area contributed by atoms with Crippen molar-refractivity contribution >= 4 is 25.9 Å². The van der Waals surface area contributed by atoms with E-state index >= 15 is 0 Å². The van der Waals surface area contributed by atoms with Crippen molar-refractivity contribution in [1.82, 2.24) is 10.6 Å². The number of benzene rings is 2. The van der Waals surface area contributed by atoms with Gasteiger partial charge in [-0.15, -0.1) is 9.24 Å². The predicted octanol–water partition coefficient (Wildman–Crippen LogP) is 3.27. The first-order valence-electron chi connectivity index (χ1n) is 9.73. The molecule has 0 aromatic heterocycles. The highest BCUT2D eigenvalue weighted by Crippen LogP contribution is 2.34. The molecule has 0 aliphatic carbocycles. The Bertz CT molecular complexity index is 683. The molecule has 1 fully saturated rings. The van der Waals surface area contributed by atoms with E-state index in [-0.39, 0.29) is 6.29 Å². The Morgan fingerprint density at radius 3 is 2.46 bits per heavy atom. The Labute approximate surface area is 160 Å². The molecule has 4 rings (SSSR count). The van der Waals surface area contributed by atoms with Crippen LogP contribution in [-0.4, -0.2) is 25.4 Å². The third kappa shape index (κ3) is 4.56. The van der Waals surface area contributed by atoms with E-state index in [9.17, 15) is 0 Å². The summed E-state index contributed by atoms with van der Waals surface area (Å²) in [5.74, 6) is 0. The van der Waals surface area contributed by atoms with Gasteiger partial charge in [0.15, 0.2) is 6.29 Å². The van der Waals surface area contributed by atoms with E-state index in [1.165, 1.54) is 35.1 Å². The van der Waals surface area contributed by atoms with Gasteiger partial charge in [0.05, 0.1) is 11.4 Å². The summed E-state index contributed by atoms with van der Waals surface area (Å²) in [4.78, 5) is 2.44. The summed E-state index contributed by atoms with van der Waals surface area (Å²) in [6.45, 7) is 7.11. The van der Waals surface area contributed by atoms with Crippen molar-refractivity contribution in [2.24, 2.45) is 0 Å². The molecule has 2 aromatic rings. The summed E-state index contributed by atoms with van der Waals surface area (Å²) < 4.78 is 0. The molecule has 2 aliphatic rings. The predicted molar refractivity (Wildman–Crippen MR) is 116 cm³/mol. The highest BCUT2D eigenvalue weighted by Gasteiger charge is 2.30. The Hall–Kier alpha value is -1.61. The minimum Gasteiger partial charge on any atom is -0.351 e. The van der Waals surface area contributed by atoms with Crippen LogP contribution in [-0.2, 0) is 6.54 Å². The zero-order valence-corrected chi connectivity index (χ0v) is 17.0. The molecule has 5 heteroatoms. The number of nitrogens with one attached hydrogen (secondary N) is 3. The summed E-state index contributed by atoms with van der Waals surface area (Å²) in [5.41, 5.74) is 3.82. The lowest BCUT2D eigenvalue weighted by Crippen LogP contribution is -2.53. The molecule has 0 spiro atoms. The molecular formula is C21H31N4P. The third-order valence-corrected chi connectivity index (χ3v) is 5.27. The van der Waals surface area contributed by atoms with E-state index in [1.54, 1.807) is 0 Å². The number of hydrogen-bond acceptors (Lipinski definition) is 4. The monoisotopic (exact) mass is 370 g/mol. The molecule has 2 aliphatic heterocycles. The minimum atomic E-state index is 0.154. The van der Waals surface area contributed by atoms with Gasteiger partial charge in [-0.05, 0) is 48.9 Å². The first-order chi connectivity index (χ1) is 12.8.